The molecule has 0 aliphatic rings. The van der Waals surface area contributed by atoms with Crippen LogP contribution >= 0.6 is 0 Å². The van der Waals surface area contributed by atoms with Gasteiger partial charge in [-0.05, 0) is 41.2 Å². The number of unbranched alkanes of at least 4 members (excludes halogenated alkanes) is 1. The first-order chi connectivity index (χ1) is 13.4. The molecule has 158 valence electrons. The number of alkyl halides is 3. The molecule has 2 rings (SSSR count). The zero-order valence-electron chi connectivity index (χ0n) is 17.2. The van der Waals surface area contributed by atoms with Gasteiger partial charge in [-0.1, -0.05) is 58.4 Å². The van der Waals surface area contributed by atoms with Crippen LogP contribution in [0.3, 0.4) is 0 Å². The number of carbonyl (C=O) groups is 1. The third-order valence-electron chi connectivity index (χ3n) is 4.79. The van der Waals surface area contributed by atoms with Crippen molar-refractivity contribution in [2.24, 2.45) is 0 Å². The highest BCUT2D eigenvalue weighted by atomic mass is 19.4. The summed E-state index contributed by atoms with van der Waals surface area (Å²) in [5.41, 5.74) is 0.373. The Hall–Kier alpha value is -2.37. The SMILES string of the molecule is CCCCN(Cc1ccc(C(C)(C)C)cc1)C(=O)c1cc(C(F)(F)F)ccc1F. The van der Waals surface area contributed by atoms with E-state index < -0.39 is 29.0 Å². The third kappa shape index (κ3) is 6.05. The van der Waals surface area contributed by atoms with E-state index in [2.05, 4.69) is 20.8 Å². The Labute approximate surface area is 169 Å². The van der Waals surface area contributed by atoms with Gasteiger partial charge in [-0.15, -0.1) is 0 Å². The molecule has 0 bridgehead atoms. The summed E-state index contributed by atoms with van der Waals surface area (Å²) in [7, 11) is 0. The molecule has 29 heavy (non-hydrogen) atoms. The van der Waals surface area contributed by atoms with Gasteiger partial charge < -0.3 is 4.90 Å². The first-order valence-corrected chi connectivity index (χ1v) is 9.69. The van der Waals surface area contributed by atoms with Crippen LogP contribution in [0, 0.1) is 5.82 Å². The lowest BCUT2D eigenvalue weighted by Crippen LogP contribution is -2.32. The summed E-state index contributed by atoms with van der Waals surface area (Å²) in [4.78, 5) is 14.3. The van der Waals surface area contributed by atoms with Gasteiger partial charge in [-0.2, -0.15) is 13.2 Å². The first kappa shape index (κ1) is 22.9. The zero-order valence-corrected chi connectivity index (χ0v) is 17.2. The lowest BCUT2D eigenvalue weighted by molar-refractivity contribution is -0.137. The molecule has 0 saturated carbocycles. The Morgan fingerprint density at radius 2 is 1.55 bits per heavy atom. The van der Waals surface area contributed by atoms with Gasteiger partial charge in [0.1, 0.15) is 5.82 Å². The summed E-state index contributed by atoms with van der Waals surface area (Å²) in [5, 5.41) is 0. The largest absolute Gasteiger partial charge is 0.416 e. The van der Waals surface area contributed by atoms with Crippen LogP contribution in [0.1, 0.15) is 67.6 Å². The summed E-state index contributed by atoms with van der Waals surface area (Å²) in [5.74, 6) is -1.69. The van der Waals surface area contributed by atoms with Crippen LogP contribution in [0.5, 0.6) is 0 Å². The minimum Gasteiger partial charge on any atom is -0.334 e. The lowest BCUT2D eigenvalue weighted by atomic mass is 9.87. The number of nitrogens with zero attached hydrogens (tertiary/aromatic N) is 1. The van der Waals surface area contributed by atoms with Crippen LogP contribution in [0.4, 0.5) is 17.6 Å². The minimum absolute atomic E-state index is 0.0165. The average molecular weight is 409 g/mol. The van der Waals surface area contributed by atoms with Crippen molar-refractivity contribution in [3.63, 3.8) is 0 Å². The minimum atomic E-state index is -4.64. The molecule has 1 amide bonds. The molecule has 2 nitrogen and oxygen atoms in total. The molecular formula is C23H27F4NO. The van der Waals surface area contributed by atoms with Crippen LogP contribution in [0.2, 0.25) is 0 Å². The van der Waals surface area contributed by atoms with Crippen molar-refractivity contribution in [2.75, 3.05) is 6.54 Å². The molecule has 2 aromatic carbocycles. The van der Waals surface area contributed by atoms with Gasteiger partial charge in [-0.3, -0.25) is 4.79 Å². The molecule has 6 heteroatoms. The predicted molar refractivity (Wildman–Crippen MR) is 106 cm³/mol. The summed E-state index contributed by atoms with van der Waals surface area (Å²) < 4.78 is 53.2. The molecule has 0 radical (unpaired) electrons. The summed E-state index contributed by atoms with van der Waals surface area (Å²) in [6, 6.07) is 9.69. The second-order valence-electron chi connectivity index (χ2n) is 8.22. The molecule has 2 aromatic rings. The van der Waals surface area contributed by atoms with E-state index in [4.69, 9.17) is 0 Å². The Morgan fingerprint density at radius 3 is 2.07 bits per heavy atom. The zero-order chi connectivity index (χ0) is 21.8. The van der Waals surface area contributed by atoms with Crippen molar-refractivity contribution in [3.05, 3.63) is 70.5 Å². The smallest absolute Gasteiger partial charge is 0.334 e. The van der Waals surface area contributed by atoms with E-state index in [9.17, 15) is 22.4 Å². The maximum absolute atomic E-state index is 14.2. The number of carbonyl (C=O) groups excluding carboxylic acids is 1. The second-order valence-corrected chi connectivity index (χ2v) is 8.22. The fourth-order valence-electron chi connectivity index (χ4n) is 2.97. The number of rotatable bonds is 6. The maximum atomic E-state index is 14.2. The first-order valence-electron chi connectivity index (χ1n) is 9.69. The monoisotopic (exact) mass is 409 g/mol. The van der Waals surface area contributed by atoms with Crippen LogP contribution in [0.25, 0.3) is 0 Å². The van der Waals surface area contributed by atoms with Crippen LogP contribution in [-0.4, -0.2) is 17.4 Å². The molecule has 0 aliphatic carbocycles. The summed E-state index contributed by atoms with van der Waals surface area (Å²) in [6.07, 6.45) is -3.16. The van der Waals surface area contributed by atoms with Gasteiger partial charge in [0.05, 0.1) is 11.1 Å². The van der Waals surface area contributed by atoms with Gasteiger partial charge in [0, 0.05) is 13.1 Å². The molecule has 0 saturated heterocycles. The van der Waals surface area contributed by atoms with E-state index in [-0.39, 0.29) is 12.0 Å². The Kier molecular flexibility index (Phi) is 7.09. The molecule has 0 aromatic heterocycles. The van der Waals surface area contributed by atoms with Crippen LogP contribution < -0.4 is 0 Å². The Bertz CT molecular complexity index is 835. The van der Waals surface area contributed by atoms with Gasteiger partial charge in [0.15, 0.2) is 0 Å². The normalized spacial score (nSPS) is 12.1. The Balaban J connectivity index is 2.31. The van der Waals surface area contributed by atoms with Crippen molar-refractivity contribution in [1.29, 1.82) is 0 Å². The van der Waals surface area contributed by atoms with Crippen molar-refractivity contribution >= 4 is 5.91 Å². The van der Waals surface area contributed by atoms with Crippen LogP contribution in [0.15, 0.2) is 42.5 Å². The fourth-order valence-corrected chi connectivity index (χ4v) is 2.97. The number of halogens is 4. The number of hydrogen-bond acceptors (Lipinski definition) is 1. The Morgan fingerprint density at radius 1 is 0.966 bits per heavy atom. The van der Waals surface area contributed by atoms with E-state index in [0.29, 0.717) is 31.2 Å². The van der Waals surface area contributed by atoms with Gasteiger partial charge in [0.25, 0.3) is 5.91 Å². The van der Waals surface area contributed by atoms with Gasteiger partial charge in [-0.25, -0.2) is 4.39 Å². The molecule has 0 atom stereocenters. The van der Waals surface area contributed by atoms with E-state index in [1.807, 2.05) is 31.2 Å². The number of amides is 1. The molecular weight excluding hydrogens is 382 g/mol. The predicted octanol–water partition coefficient (Wildman–Crippen LogP) is 6.58. The molecule has 0 heterocycles. The summed E-state index contributed by atoms with van der Waals surface area (Å²) >= 11 is 0. The lowest BCUT2D eigenvalue weighted by Gasteiger charge is -2.24. The van der Waals surface area contributed by atoms with E-state index in [1.54, 1.807) is 0 Å². The van der Waals surface area contributed by atoms with Crippen LogP contribution in [-0.2, 0) is 18.1 Å². The highest BCUT2D eigenvalue weighted by molar-refractivity contribution is 5.94. The molecule has 0 unspecified atom stereocenters. The number of benzene rings is 2. The number of hydrogen-bond donors (Lipinski definition) is 0. The standard InChI is InChI=1S/C23H27F4NO/c1-5-6-13-28(15-16-7-9-17(10-8-16)22(2,3)4)21(29)19-14-18(23(25,26)27)11-12-20(19)24/h7-12,14H,5-6,13,15H2,1-4H3. The van der Waals surface area contributed by atoms with Crippen molar-refractivity contribution in [3.8, 4) is 0 Å². The van der Waals surface area contributed by atoms with Crippen molar-refractivity contribution < 1.29 is 22.4 Å². The molecule has 0 aliphatic heterocycles. The molecule has 0 N–H and O–H groups in total. The average Bonchev–Trinajstić information content (AvgIpc) is 2.63. The topological polar surface area (TPSA) is 20.3 Å². The fraction of sp³-hybridized carbons (Fsp3) is 0.435. The second kappa shape index (κ2) is 8.97. The van der Waals surface area contributed by atoms with E-state index in [1.165, 1.54) is 4.90 Å². The quantitative estimate of drug-likeness (QED) is 0.493. The highest BCUT2D eigenvalue weighted by Gasteiger charge is 2.32. The van der Waals surface area contributed by atoms with Crippen molar-refractivity contribution in [2.45, 2.75) is 58.7 Å². The molecule has 0 fully saturated rings. The maximum Gasteiger partial charge on any atom is 0.416 e. The molecule has 0 spiro atoms. The van der Waals surface area contributed by atoms with Gasteiger partial charge >= 0.3 is 6.18 Å². The van der Waals surface area contributed by atoms with Crippen molar-refractivity contribution in [1.82, 2.24) is 4.90 Å². The summed E-state index contributed by atoms with van der Waals surface area (Å²) in [6.45, 7) is 8.77. The highest BCUT2D eigenvalue weighted by Crippen LogP contribution is 2.31. The third-order valence-corrected chi connectivity index (χ3v) is 4.79. The van der Waals surface area contributed by atoms with E-state index >= 15 is 0 Å². The van der Waals surface area contributed by atoms with Gasteiger partial charge in [0.2, 0.25) is 0 Å². The van der Waals surface area contributed by atoms with E-state index in [0.717, 1.165) is 17.5 Å².